The summed E-state index contributed by atoms with van der Waals surface area (Å²) in [5.41, 5.74) is 2.40. The van der Waals surface area contributed by atoms with E-state index in [2.05, 4.69) is 9.71 Å². The zero-order chi connectivity index (χ0) is 26.3. The van der Waals surface area contributed by atoms with Crippen LogP contribution in [0.15, 0.2) is 29.4 Å². The van der Waals surface area contributed by atoms with Gasteiger partial charge in [0.15, 0.2) is 0 Å². The van der Waals surface area contributed by atoms with E-state index in [1.165, 1.54) is 11.9 Å². The summed E-state index contributed by atoms with van der Waals surface area (Å²) < 4.78 is 61.8. The average molecular weight is 608 g/mol. The quantitative estimate of drug-likeness (QED) is 0.230. The first kappa shape index (κ1) is 27.5. The van der Waals surface area contributed by atoms with E-state index < -0.39 is 36.7 Å². The van der Waals surface area contributed by atoms with Crippen molar-refractivity contribution in [2.45, 2.75) is 49.1 Å². The van der Waals surface area contributed by atoms with E-state index in [1.807, 2.05) is 37.2 Å². The molecule has 0 radical (unpaired) electrons. The molecule has 2 aliphatic heterocycles. The zero-order valence-corrected chi connectivity index (χ0v) is 23.3. The summed E-state index contributed by atoms with van der Waals surface area (Å²) in [6.07, 6.45) is 1.25. The van der Waals surface area contributed by atoms with Crippen molar-refractivity contribution in [2.24, 2.45) is 0 Å². The van der Waals surface area contributed by atoms with Gasteiger partial charge in [0.05, 0.1) is 0 Å². The number of rotatable bonds is 9. The second kappa shape index (κ2) is 10.7. The fourth-order valence-electron chi connectivity index (χ4n) is 3.76. The molecule has 2 aromatic heterocycles. The fraction of sp³-hybridized carbons (Fsp3) is 0.500. The number of hydrogen-bond donors (Lipinski definition) is 3. The van der Waals surface area contributed by atoms with E-state index in [1.54, 1.807) is 16.8 Å². The minimum absolute atomic E-state index is 0.0232. The Labute approximate surface area is 220 Å². The molecule has 0 saturated carbocycles. The topological polar surface area (TPSA) is 107 Å². The fourth-order valence-corrected chi connectivity index (χ4v) is 6.85. The van der Waals surface area contributed by atoms with E-state index in [0.29, 0.717) is 38.2 Å². The van der Waals surface area contributed by atoms with Crippen LogP contribution in [0.2, 0.25) is 0 Å². The Morgan fingerprint density at radius 1 is 1.36 bits per heavy atom. The van der Waals surface area contributed by atoms with E-state index >= 15 is 0 Å². The molecule has 0 bridgehead atoms. The summed E-state index contributed by atoms with van der Waals surface area (Å²) >= 11 is -0.129. The zero-order valence-electron chi connectivity index (χ0n) is 19.9. The number of fused-ring (bicyclic) bond motifs is 1. The van der Waals surface area contributed by atoms with Crippen LogP contribution in [-0.2, 0) is 15.7 Å². The maximum absolute atomic E-state index is 12.9. The Morgan fingerprint density at radius 3 is 2.64 bits per heavy atom. The van der Waals surface area contributed by atoms with Gasteiger partial charge in [-0.1, -0.05) is 0 Å². The Kier molecular flexibility index (Phi) is 8.15. The van der Waals surface area contributed by atoms with Crippen LogP contribution in [0.25, 0.3) is 11.1 Å². The van der Waals surface area contributed by atoms with Crippen molar-refractivity contribution < 1.29 is 22.1 Å². The van der Waals surface area contributed by atoms with Gasteiger partial charge in [0.1, 0.15) is 0 Å². The predicted octanol–water partition coefficient (Wildman–Crippen LogP) is 3.45. The number of ether oxygens (including phenoxy) is 1. The molecule has 2 aliphatic rings. The molecule has 0 amide bonds. The van der Waals surface area contributed by atoms with E-state index in [-0.39, 0.29) is 21.2 Å². The van der Waals surface area contributed by atoms with Gasteiger partial charge in [-0.3, -0.25) is 0 Å². The molecular formula is C22H27F3N6O2S2Se. The van der Waals surface area contributed by atoms with Crippen LogP contribution in [0.3, 0.4) is 0 Å². The Hall–Kier alpha value is -1.54. The van der Waals surface area contributed by atoms with Gasteiger partial charge in [-0.2, -0.15) is 0 Å². The van der Waals surface area contributed by atoms with E-state index in [0.717, 1.165) is 16.0 Å². The second-order valence-corrected chi connectivity index (χ2v) is 14.2. The number of pyridine rings is 1. The first-order chi connectivity index (χ1) is 16.9. The third-order valence-electron chi connectivity index (χ3n) is 5.71. The second-order valence-electron chi connectivity index (χ2n) is 9.13. The van der Waals surface area contributed by atoms with Gasteiger partial charge < -0.3 is 0 Å². The number of hydrogen-bond acceptors (Lipinski definition) is 7. The monoisotopic (exact) mass is 608 g/mol. The normalized spacial score (nSPS) is 19.2. The molecule has 0 aliphatic carbocycles. The van der Waals surface area contributed by atoms with Gasteiger partial charge in [-0.15, -0.1) is 0 Å². The molecule has 2 aromatic rings. The van der Waals surface area contributed by atoms with Crippen LogP contribution in [0.1, 0.15) is 38.6 Å². The van der Waals surface area contributed by atoms with E-state index in [9.17, 15) is 17.4 Å². The van der Waals surface area contributed by atoms with Crippen molar-refractivity contribution in [2.75, 3.05) is 26.3 Å². The summed E-state index contributed by atoms with van der Waals surface area (Å²) in [7, 11) is -1.08. The minimum atomic E-state index is -4.76. The molecule has 36 heavy (non-hydrogen) atoms. The number of alkyl halides is 3. The van der Waals surface area contributed by atoms with Crippen molar-refractivity contribution in [1.29, 1.82) is 10.8 Å². The van der Waals surface area contributed by atoms with Crippen LogP contribution < -0.4 is 4.72 Å². The van der Waals surface area contributed by atoms with Gasteiger partial charge >= 0.3 is 221 Å². The number of nitrogens with zero attached hydrogens (tertiary/aromatic N) is 3. The standard InChI is InChI=1S/C22H27F3N6O2S2Se/c1-13(2)35(32)30-6-4-14(5-7-30)16-8-15(34-29-21(3)11-33-12-21)10-31-17(16)9-28-19(31)18(26)36-20(27)22(23,24)25/h4,8-10,13,26-27,29H,5-7,11-12H2,1-3H3. The molecule has 0 spiro atoms. The van der Waals surface area contributed by atoms with Crippen LogP contribution in [0, 0.1) is 10.8 Å². The van der Waals surface area contributed by atoms with Crippen molar-refractivity contribution in [3.63, 3.8) is 0 Å². The molecule has 0 aromatic carbocycles. The first-order valence-corrected chi connectivity index (χ1v) is 14.9. The maximum atomic E-state index is 12.9. The number of aromatic nitrogens is 2. The van der Waals surface area contributed by atoms with Crippen LogP contribution >= 0.6 is 11.9 Å². The summed E-state index contributed by atoms with van der Waals surface area (Å²) in [5.74, 6) is 0.0971. The van der Waals surface area contributed by atoms with Crippen molar-refractivity contribution in [3.8, 4) is 0 Å². The summed E-state index contributed by atoms with van der Waals surface area (Å²) in [5, 5.41) is 15.6. The molecule has 3 N–H and O–H groups in total. The average Bonchev–Trinajstić information content (AvgIpc) is 3.24. The molecule has 1 saturated heterocycles. The Balaban J connectivity index is 1.69. The van der Waals surface area contributed by atoms with Crippen molar-refractivity contribution >= 4 is 58.2 Å². The van der Waals surface area contributed by atoms with Crippen LogP contribution in [0.5, 0.6) is 0 Å². The molecule has 196 valence electrons. The molecule has 4 heterocycles. The van der Waals surface area contributed by atoms with E-state index in [4.69, 9.17) is 15.6 Å². The molecule has 4 rings (SSSR count). The molecule has 1 fully saturated rings. The summed E-state index contributed by atoms with van der Waals surface area (Å²) in [6, 6.07) is 2.01. The first-order valence-electron chi connectivity index (χ1n) is 11.2. The Bertz CT molecular complexity index is 1240. The molecule has 1 atom stereocenters. The van der Waals surface area contributed by atoms with Gasteiger partial charge in [-0.25, -0.2) is 0 Å². The van der Waals surface area contributed by atoms with Gasteiger partial charge in [0.25, 0.3) is 0 Å². The van der Waals surface area contributed by atoms with Crippen molar-refractivity contribution in [1.82, 2.24) is 18.4 Å². The molecule has 8 nitrogen and oxygen atoms in total. The SMILES string of the molecule is CC(C)S(=O)N1CC=C(c2cc(SNC3(C)COC3)cn3c(C(=N)[Se]C(=N)C(F)(F)F)ncc23)CC1. The third kappa shape index (κ3) is 5.95. The molecular weight excluding hydrogens is 580 g/mol. The summed E-state index contributed by atoms with van der Waals surface area (Å²) in [4.78, 5) is 5.09. The predicted molar refractivity (Wildman–Crippen MR) is 137 cm³/mol. The van der Waals surface area contributed by atoms with Crippen LogP contribution in [0.4, 0.5) is 13.2 Å². The van der Waals surface area contributed by atoms with Gasteiger partial charge in [-0.05, 0) is 0 Å². The molecule has 1 unspecified atom stereocenters. The number of imidazole rings is 1. The van der Waals surface area contributed by atoms with Crippen LogP contribution in [-0.4, -0.2) is 85.3 Å². The van der Waals surface area contributed by atoms with Crippen molar-refractivity contribution in [3.05, 3.63) is 35.9 Å². The Morgan fingerprint density at radius 2 is 2.08 bits per heavy atom. The summed E-state index contributed by atoms with van der Waals surface area (Å²) in [6.45, 7) is 8.18. The van der Waals surface area contributed by atoms with Gasteiger partial charge in [0, 0.05) is 0 Å². The van der Waals surface area contributed by atoms with Gasteiger partial charge in [0.2, 0.25) is 0 Å². The third-order valence-corrected chi connectivity index (χ3v) is 10.1. The number of halogens is 3. The number of nitrogens with one attached hydrogen (secondary N) is 3. The molecule has 14 heteroatoms.